The molecule has 0 saturated carbocycles. The van der Waals surface area contributed by atoms with Gasteiger partial charge in [-0.2, -0.15) is 0 Å². The molecule has 0 atom stereocenters. The Morgan fingerprint density at radius 1 is 1.33 bits per heavy atom. The molecule has 0 aromatic carbocycles. The van der Waals surface area contributed by atoms with Crippen LogP contribution in [-0.4, -0.2) is 15.3 Å². The Morgan fingerprint density at radius 3 is 2.33 bits per heavy atom. The van der Waals surface area contributed by atoms with Gasteiger partial charge in [0.25, 0.3) is 0 Å². The fourth-order valence-electron chi connectivity index (χ4n) is 0.870. The Hall–Kier alpha value is -0.801. The van der Waals surface area contributed by atoms with Gasteiger partial charge in [0.1, 0.15) is 0 Å². The van der Waals surface area contributed by atoms with E-state index in [2.05, 4.69) is 4.98 Å². The van der Waals surface area contributed by atoms with Crippen LogP contribution in [0.5, 0.6) is 6.01 Å². The van der Waals surface area contributed by atoms with Crippen LogP contribution >= 0.6 is 0 Å². The van der Waals surface area contributed by atoms with Crippen LogP contribution in [0, 0.1) is 20.8 Å². The summed E-state index contributed by atoms with van der Waals surface area (Å²) in [6.07, 6.45) is 0. The quantitative estimate of drug-likeness (QED) is 0.284. The third-order valence-electron chi connectivity index (χ3n) is 1.88. The molecule has 0 radical (unpaired) electrons. The molecule has 0 saturated heterocycles. The van der Waals surface area contributed by atoms with Crippen LogP contribution in [0.25, 0.3) is 0 Å². The van der Waals surface area contributed by atoms with E-state index in [1.165, 1.54) is 0 Å². The summed E-state index contributed by atoms with van der Waals surface area (Å²) in [5.74, 6) is 0. The zero-order valence-corrected chi connectivity index (χ0v) is 8.30. The summed E-state index contributed by atoms with van der Waals surface area (Å²) in [6.45, 7) is 5.44. The van der Waals surface area contributed by atoms with Crippen LogP contribution in [0.15, 0.2) is 0 Å². The first-order chi connectivity index (χ1) is 5.04. The summed E-state index contributed by atoms with van der Waals surface area (Å²) in [6, 6.07) is -0.120. The molecule has 1 aromatic rings. The van der Waals surface area contributed by atoms with Crippen molar-refractivity contribution < 1.29 is 32.1 Å². The molecule has 0 aliphatic carbocycles. The number of aryl methyl sites for hydroxylation is 1. The molecule has 1 aromatic heterocycles. The molecule has 0 spiro atoms. The van der Waals surface area contributed by atoms with Crippen LogP contribution in [0.3, 0.4) is 0 Å². The number of hydrogen-bond acceptors (Lipinski definition) is 2. The van der Waals surface area contributed by atoms with Crippen molar-refractivity contribution in [3.8, 4) is 6.01 Å². The molecule has 0 amide bonds. The molecular weight excluding hydrogens is 200 g/mol. The standard InChI is InChI=1S/C7H10N2O2.Fe/c1-4-5(2)8-7(10)9(11)6(4)3;/h11H,1-3H3;/p+2. The zero-order chi connectivity index (χ0) is 8.59. The van der Waals surface area contributed by atoms with Gasteiger partial charge < -0.3 is 10.3 Å². The SMILES string of the molecule is Cc1nc([OH2+])[n+](O)c(C)c1C.[Fe]. The van der Waals surface area contributed by atoms with Gasteiger partial charge in [0.2, 0.25) is 0 Å². The van der Waals surface area contributed by atoms with E-state index >= 15 is 0 Å². The maximum atomic E-state index is 9.18. The molecule has 68 valence electrons. The van der Waals surface area contributed by atoms with Crippen LogP contribution in [0.1, 0.15) is 17.0 Å². The second-order valence-electron chi connectivity index (χ2n) is 2.54. The molecule has 12 heavy (non-hydrogen) atoms. The van der Waals surface area contributed by atoms with Crippen LogP contribution in [0.2, 0.25) is 0 Å². The summed E-state index contributed by atoms with van der Waals surface area (Å²) in [5, 5.41) is 16.4. The summed E-state index contributed by atoms with van der Waals surface area (Å²) >= 11 is 0. The number of hydrogen-bond donors (Lipinski definition) is 1. The van der Waals surface area contributed by atoms with E-state index in [0.717, 1.165) is 16.0 Å². The average Bonchev–Trinajstić information content (AvgIpc) is 1.97. The van der Waals surface area contributed by atoms with Crippen LogP contribution in [0.4, 0.5) is 0 Å². The second-order valence-corrected chi connectivity index (χ2v) is 2.54. The Kier molecular flexibility index (Phi) is 3.49. The normalized spacial score (nSPS) is 9.25. The average molecular weight is 212 g/mol. The van der Waals surface area contributed by atoms with E-state index < -0.39 is 0 Å². The van der Waals surface area contributed by atoms with Crippen molar-refractivity contribution in [2.24, 2.45) is 0 Å². The Bertz CT molecular complexity index is 276. The Balaban J connectivity index is 0.00000121. The van der Waals surface area contributed by atoms with Crippen LogP contribution < -0.4 is 4.73 Å². The molecule has 1 heterocycles. The molecule has 4 nitrogen and oxygen atoms in total. The van der Waals surface area contributed by atoms with E-state index in [1.807, 2.05) is 13.8 Å². The van der Waals surface area contributed by atoms with E-state index in [1.54, 1.807) is 6.92 Å². The Labute approximate surface area is 81.3 Å². The van der Waals surface area contributed by atoms with Crippen molar-refractivity contribution in [1.82, 2.24) is 4.98 Å². The van der Waals surface area contributed by atoms with Gasteiger partial charge in [0.05, 0.1) is 0 Å². The van der Waals surface area contributed by atoms with Crippen molar-refractivity contribution in [2.45, 2.75) is 20.8 Å². The topological polar surface area (TPSA) is 59.9 Å². The first-order valence-electron chi connectivity index (χ1n) is 3.34. The van der Waals surface area contributed by atoms with Gasteiger partial charge in [-0.25, -0.2) is 0 Å². The molecule has 5 heteroatoms. The minimum absolute atomic E-state index is 0. The maximum absolute atomic E-state index is 9.18. The summed E-state index contributed by atoms with van der Waals surface area (Å²) in [4.78, 5) is 3.81. The van der Waals surface area contributed by atoms with Gasteiger partial charge >= 0.3 is 6.01 Å². The maximum Gasteiger partial charge on any atom is 0.680 e. The second kappa shape index (κ2) is 3.74. The largest absolute Gasteiger partial charge is 0.680 e. The molecule has 0 aliphatic heterocycles. The third kappa shape index (κ3) is 1.68. The molecule has 3 N–H and O–H groups in total. The third-order valence-corrected chi connectivity index (χ3v) is 1.88. The monoisotopic (exact) mass is 212 g/mol. The Morgan fingerprint density at radius 2 is 1.83 bits per heavy atom. The minimum Gasteiger partial charge on any atom is -0.524 e. The van der Waals surface area contributed by atoms with E-state index in [4.69, 9.17) is 5.11 Å². The first-order valence-corrected chi connectivity index (χ1v) is 3.34. The first kappa shape index (κ1) is 11.2. The minimum atomic E-state index is -0.120. The number of aromatic nitrogens is 2. The van der Waals surface area contributed by atoms with Crippen LogP contribution in [-0.2, 0) is 17.1 Å². The van der Waals surface area contributed by atoms with Gasteiger partial charge in [0, 0.05) is 46.2 Å². The fourth-order valence-corrected chi connectivity index (χ4v) is 0.870. The molecule has 0 bridgehead atoms. The van der Waals surface area contributed by atoms with E-state index in [-0.39, 0.29) is 23.1 Å². The molecule has 1 rings (SSSR count). The zero-order valence-electron chi connectivity index (χ0n) is 7.20. The van der Waals surface area contributed by atoms with Crippen molar-refractivity contribution in [1.29, 1.82) is 0 Å². The predicted molar refractivity (Wildman–Crippen MR) is 38.9 cm³/mol. The predicted octanol–water partition coefficient (Wildman–Crippen LogP) is -0.0329. The smallest absolute Gasteiger partial charge is 0.524 e. The molecule has 0 unspecified atom stereocenters. The van der Waals surface area contributed by atoms with Crippen molar-refractivity contribution in [3.63, 3.8) is 0 Å². The molecule has 0 aliphatic rings. The van der Waals surface area contributed by atoms with Gasteiger partial charge in [0.15, 0.2) is 11.4 Å². The van der Waals surface area contributed by atoms with Gasteiger partial charge in [-0.15, -0.1) is 0 Å². The van der Waals surface area contributed by atoms with Crippen molar-refractivity contribution in [2.75, 3.05) is 0 Å². The van der Waals surface area contributed by atoms with Gasteiger partial charge in [-0.1, -0.05) is 0 Å². The molecular formula is C7H12FeN2O2+2. The van der Waals surface area contributed by atoms with Crippen molar-refractivity contribution in [3.05, 3.63) is 17.0 Å². The summed E-state index contributed by atoms with van der Waals surface area (Å²) in [7, 11) is 0. The number of rotatable bonds is 0. The van der Waals surface area contributed by atoms with E-state index in [9.17, 15) is 5.21 Å². The fraction of sp³-hybridized carbons (Fsp3) is 0.429. The molecule has 0 fully saturated rings. The van der Waals surface area contributed by atoms with E-state index in [0.29, 0.717) is 5.69 Å². The van der Waals surface area contributed by atoms with Crippen molar-refractivity contribution >= 4 is 0 Å². The summed E-state index contributed by atoms with van der Waals surface area (Å²) in [5.41, 5.74) is 2.38. The van der Waals surface area contributed by atoms with Gasteiger partial charge in [-0.3, -0.25) is 0 Å². The summed E-state index contributed by atoms with van der Waals surface area (Å²) < 4.78 is 0.780. The van der Waals surface area contributed by atoms with Gasteiger partial charge in [-0.05, 0) is 6.92 Å². The number of nitrogens with zero attached hydrogens (tertiary/aromatic N) is 2.